The highest BCUT2D eigenvalue weighted by Gasteiger charge is 2.18. The highest BCUT2D eigenvalue weighted by molar-refractivity contribution is 5.81. The normalized spacial score (nSPS) is 17.2. The van der Waals surface area contributed by atoms with E-state index in [4.69, 9.17) is 20.4 Å². The Bertz CT molecular complexity index is 663. The first-order valence-corrected chi connectivity index (χ1v) is 7.43. The molecule has 0 spiro atoms. The Morgan fingerprint density at radius 3 is 2.57 bits per heavy atom. The third-order valence-electron chi connectivity index (χ3n) is 3.89. The lowest BCUT2D eigenvalue weighted by Crippen LogP contribution is -2.37. The molecular formula is C16H22N4O. The van der Waals surface area contributed by atoms with Crippen LogP contribution in [0.15, 0.2) is 12.1 Å². The van der Waals surface area contributed by atoms with Gasteiger partial charge in [0.25, 0.3) is 0 Å². The van der Waals surface area contributed by atoms with E-state index in [1.807, 2.05) is 13.8 Å². The van der Waals surface area contributed by atoms with E-state index in [0.717, 1.165) is 54.4 Å². The number of hydrogen-bond acceptors (Lipinski definition) is 5. The fourth-order valence-electron chi connectivity index (χ4n) is 2.83. The van der Waals surface area contributed by atoms with Crippen molar-refractivity contribution in [1.29, 1.82) is 0 Å². The van der Waals surface area contributed by atoms with Gasteiger partial charge in [0.1, 0.15) is 0 Å². The smallest absolute Gasteiger partial charge is 0.150 e. The van der Waals surface area contributed by atoms with Gasteiger partial charge in [-0.15, -0.1) is 0 Å². The topological polar surface area (TPSA) is 64.3 Å². The summed E-state index contributed by atoms with van der Waals surface area (Å²) in [4.78, 5) is 11.9. The molecule has 2 heterocycles. The van der Waals surface area contributed by atoms with Crippen LogP contribution in [0.3, 0.4) is 0 Å². The molecule has 5 heteroatoms. The molecule has 1 atom stereocenters. The van der Waals surface area contributed by atoms with Gasteiger partial charge in [0.05, 0.1) is 29.9 Å². The summed E-state index contributed by atoms with van der Waals surface area (Å²) in [6.07, 6.45) is 0. The predicted octanol–water partition coefficient (Wildman–Crippen LogP) is 2.10. The highest BCUT2D eigenvalue weighted by atomic mass is 16.5. The monoisotopic (exact) mass is 286 g/mol. The van der Waals surface area contributed by atoms with Crippen LogP contribution >= 0.6 is 0 Å². The van der Waals surface area contributed by atoms with E-state index in [1.165, 1.54) is 5.56 Å². The van der Waals surface area contributed by atoms with Gasteiger partial charge in [0, 0.05) is 19.1 Å². The maximum Gasteiger partial charge on any atom is 0.150 e. The van der Waals surface area contributed by atoms with Crippen LogP contribution in [-0.4, -0.2) is 36.3 Å². The summed E-state index contributed by atoms with van der Waals surface area (Å²) in [5, 5.41) is 0. The fraction of sp³-hybridized carbons (Fsp3) is 0.500. The van der Waals surface area contributed by atoms with E-state index in [-0.39, 0.29) is 6.04 Å². The average molecular weight is 286 g/mol. The van der Waals surface area contributed by atoms with E-state index in [2.05, 4.69) is 24.0 Å². The Hall–Kier alpha value is -1.72. The molecule has 1 aromatic carbocycles. The number of aryl methyl sites for hydroxylation is 2. The molecule has 1 aromatic heterocycles. The number of fused-ring (bicyclic) bond motifs is 1. The molecule has 2 N–H and O–H groups in total. The number of aromatic nitrogens is 2. The second-order valence-electron chi connectivity index (χ2n) is 5.74. The van der Waals surface area contributed by atoms with E-state index in [0.29, 0.717) is 0 Å². The van der Waals surface area contributed by atoms with Crippen molar-refractivity contribution >= 4 is 16.9 Å². The van der Waals surface area contributed by atoms with Crippen molar-refractivity contribution in [3.05, 3.63) is 29.0 Å². The molecule has 2 aromatic rings. The van der Waals surface area contributed by atoms with Crippen LogP contribution in [0.4, 0.5) is 5.82 Å². The van der Waals surface area contributed by atoms with E-state index >= 15 is 0 Å². The molecule has 1 aliphatic rings. The van der Waals surface area contributed by atoms with Crippen molar-refractivity contribution in [2.24, 2.45) is 5.73 Å². The Balaban J connectivity index is 2.16. The molecule has 0 aliphatic carbocycles. The van der Waals surface area contributed by atoms with Crippen LogP contribution in [0.25, 0.3) is 11.0 Å². The van der Waals surface area contributed by atoms with E-state index in [1.54, 1.807) is 0 Å². The van der Waals surface area contributed by atoms with Crippen LogP contribution in [0, 0.1) is 13.8 Å². The van der Waals surface area contributed by atoms with Gasteiger partial charge >= 0.3 is 0 Å². The largest absolute Gasteiger partial charge is 0.378 e. The molecule has 0 bridgehead atoms. The number of morpholine rings is 1. The minimum Gasteiger partial charge on any atom is -0.378 e. The minimum atomic E-state index is -0.0538. The summed E-state index contributed by atoms with van der Waals surface area (Å²) in [7, 11) is 0. The zero-order chi connectivity index (χ0) is 15.0. The van der Waals surface area contributed by atoms with Crippen molar-refractivity contribution < 1.29 is 4.74 Å². The van der Waals surface area contributed by atoms with Crippen LogP contribution in [-0.2, 0) is 4.74 Å². The summed E-state index contributed by atoms with van der Waals surface area (Å²) >= 11 is 0. The molecule has 1 fully saturated rings. The number of hydrogen-bond donors (Lipinski definition) is 1. The van der Waals surface area contributed by atoms with Crippen molar-refractivity contribution in [2.75, 3.05) is 31.2 Å². The second-order valence-corrected chi connectivity index (χ2v) is 5.74. The zero-order valence-electron chi connectivity index (χ0n) is 12.9. The van der Waals surface area contributed by atoms with Gasteiger partial charge in [0.2, 0.25) is 0 Å². The van der Waals surface area contributed by atoms with Crippen molar-refractivity contribution in [1.82, 2.24) is 9.97 Å². The Morgan fingerprint density at radius 2 is 1.90 bits per heavy atom. The molecule has 1 saturated heterocycles. The summed E-state index contributed by atoms with van der Waals surface area (Å²) in [6, 6.07) is 4.13. The molecule has 0 saturated carbocycles. The summed E-state index contributed by atoms with van der Waals surface area (Å²) in [6.45, 7) is 9.29. The van der Waals surface area contributed by atoms with Crippen LogP contribution in [0.1, 0.15) is 29.8 Å². The van der Waals surface area contributed by atoms with Gasteiger partial charge in [-0.05, 0) is 38.0 Å². The van der Waals surface area contributed by atoms with Crippen molar-refractivity contribution in [3.8, 4) is 0 Å². The van der Waals surface area contributed by atoms with Gasteiger partial charge in [-0.2, -0.15) is 0 Å². The maximum atomic E-state index is 6.11. The fourth-order valence-corrected chi connectivity index (χ4v) is 2.83. The van der Waals surface area contributed by atoms with Crippen LogP contribution in [0.5, 0.6) is 0 Å². The molecule has 0 radical (unpaired) electrons. The molecule has 112 valence electrons. The Kier molecular flexibility index (Phi) is 3.78. The van der Waals surface area contributed by atoms with Crippen molar-refractivity contribution in [2.45, 2.75) is 26.8 Å². The van der Waals surface area contributed by atoms with Crippen LogP contribution in [0.2, 0.25) is 0 Å². The third-order valence-corrected chi connectivity index (χ3v) is 3.89. The number of nitrogens with zero attached hydrogens (tertiary/aromatic N) is 3. The Morgan fingerprint density at radius 1 is 1.19 bits per heavy atom. The lowest BCUT2D eigenvalue weighted by molar-refractivity contribution is 0.122. The molecule has 5 nitrogen and oxygen atoms in total. The number of benzene rings is 1. The number of rotatable bonds is 2. The molecule has 21 heavy (non-hydrogen) atoms. The van der Waals surface area contributed by atoms with Crippen molar-refractivity contribution in [3.63, 3.8) is 0 Å². The summed E-state index contributed by atoms with van der Waals surface area (Å²) < 4.78 is 5.42. The lowest BCUT2D eigenvalue weighted by Gasteiger charge is -2.29. The molecular weight excluding hydrogens is 264 g/mol. The number of ether oxygens (including phenoxy) is 1. The lowest BCUT2D eigenvalue weighted by atomic mass is 10.0. The van der Waals surface area contributed by atoms with Gasteiger partial charge in [-0.1, -0.05) is 6.07 Å². The number of anilines is 1. The second kappa shape index (κ2) is 5.58. The van der Waals surface area contributed by atoms with Gasteiger partial charge in [-0.25, -0.2) is 9.97 Å². The first-order valence-electron chi connectivity index (χ1n) is 7.43. The van der Waals surface area contributed by atoms with E-state index < -0.39 is 0 Å². The zero-order valence-corrected chi connectivity index (χ0v) is 12.9. The quantitative estimate of drug-likeness (QED) is 0.916. The molecule has 0 amide bonds. The average Bonchev–Trinajstić information content (AvgIpc) is 2.46. The third kappa shape index (κ3) is 2.71. The first-order chi connectivity index (χ1) is 10.1. The standard InChI is InChI=1S/C16H22N4O/c1-10-8-13(11(2)17)15-14(9-10)18-12(3)16(19-15)20-4-6-21-7-5-20/h8-9,11H,4-7,17H2,1-3H3/t11-/m1/s1. The predicted molar refractivity (Wildman–Crippen MR) is 84.6 cm³/mol. The number of nitrogens with two attached hydrogens (primary N) is 1. The first kappa shape index (κ1) is 14.2. The minimum absolute atomic E-state index is 0.0538. The molecule has 3 rings (SSSR count). The summed E-state index contributed by atoms with van der Waals surface area (Å²) in [5.74, 6) is 0.955. The SMILES string of the molecule is Cc1cc([C@@H](C)N)c2nc(N3CCOCC3)c(C)nc2c1. The molecule has 1 aliphatic heterocycles. The summed E-state index contributed by atoms with van der Waals surface area (Å²) in [5.41, 5.74) is 11.2. The molecule has 0 unspecified atom stereocenters. The van der Waals surface area contributed by atoms with E-state index in [9.17, 15) is 0 Å². The van der Waals surface area contributed by atoms with Gasteiger partial charge in [-0.3, -0.25) is 0 Å². The van der Waals surface area contributed by atoms with Gasteiger partial charge in [0.15, 0.2) is 5.82 Å². The van der Waals surface area contributed by atoms with Crippen LogP contribution < -0.4 is 10.6 Å². The maximum absolute atomic E-state index is 6.11. The Labute approximate surface area is 125 Å². The highest BCUT2D eigenvalue weighted by Crippen LogP contribution is 2.26. The van der Waals surface area contributed by atoms with Gasteiger partial charge < -0.3 is 15.4 Å².